The molecule has 0 bridgehead atoms. The molecule has 7 nitrogen and oxygen atoms in total. The third kappa shape index (κ3) is 5.92. The highest BCUT2D eigenvalue weighted by Crippen LogP contribution is 2.06. The summed E-state index contributed by atoms with van der Waals surface area (Å²) in [6.07, 6.45) is -0.858. The van der Waals surface area contributed by atoms with Crippen LogP contribution in [0.3, 0.4) is 0 Å². The van der Waals surface area contributed by atoms with Crippen LogP contribution in [-0.4, -0.2) is 40.6 Å². The monoisotopic (exact) mass is 326 g/mol. The number of anilines is 1. The molecule has 0 saturated carbocycles. The van der Waals surface area contributed by atoms with Gasteiger partial charge in [0.15, 0.2) is 0 Å². The Hall–Kier alpha value is -1.77. The van der Waals surface area contributed by atoms with E-state index in [9.17, 15) is 14.7 Å². The van der Waals surface area contributed by atoms with Crippen molar-refractivity contribution in [2.24, 2.45) is 5.73 Å². The summed E-state index contributed by atoms with van der Waals surface area (Å²) in [5, 5.41) is 9.79. The van der Waals surface area contributed by atoms with Crippen molar-refractivity contribution in [3.05, 3.63) is 29.8 Å². The molecule has 122 valence electrons. The van der Waals surface area contributed by atoms with Gasteiger partial charge < -0.3 is 16.6 Å². The second kappa shape index (κ2) is 9.29. The van der Waals surface area contributed by atoms with Crippen molar-refractivity contribution in [3.8, 4) is 0 Å². The van der Waals surface area contributed by atoms with Crippen LogP contribution in [0.15, 0.2) is 24.3 Å². The maximum Gasteiger partial charge on any atom is 0.269 e. The number of hydrogen-bond donors (Lipinski definition) is 5. The number of hydrazine groups is 1. The van der Waals surface area contributed by atoms with Crippen LogP contribution in [0.2, 0.25) is 0 Å². The summed E-state index contributed by atoms with van der Waals surface area (Å²) in [5.41, 5.74) is 16.5. The van der Waals surface area contributed by atoms with Crippen molar-refractivity contribution in [2.75, 3.05) is 17.2 Å². The number of carbonyl (C=O) groups excluding carboxylic acids is 2. The van der Waals surface area contributed by atoms with E-state index in [1.165, 1.54) is 12.1 Å². The number of benzene rings is 1. The second-order valence-electron chi connectivity index (χ2n) is 4.66. The number of aliphatic hydroxyl groups is 1. The van der Waals surface area contributed by atoms with Crippen LogP contribution >= 0.6 is 11.8 Å². The van der Waals surface area contributed by atoms with Gasteiger partial charge in [0.05, 0.1) is 0 Å². The van der Waals surface area contributed by atoms with Gasteiger partial charge in [-0.3, -0.25) is 20.4 Å². The second-order valence-corrected chi connectivity index (χ2v) is 6.05. The summed E-state index contributed by atoms with van der Waals surface area (Å²) in [4.78, 5) is 23.5. The van der Waals surface area contributed by atoms with Gasteiger partial charge in [-0.2, -0.15) is 11.8 Å². The van der Waals surface area contributed by atoms with E-state index >= 15 is 0 Å². The molecule has 22 heavy (non-hydrogen) atoms. The summed E-state index contributed by atoms with van der Waals surface area (Å²) in [7, 11) is 0. The first-order valence-corrected chi connectivity index (χ1v) is 8.08. The third-order valence-corrected chi connectivity index (χ3v) is 3.88. The van der Waals surface area contributed by atoms with E-state index in [1.807, 2.05) is 6.92 Å². The number of hydrogen-bond acceptors (Lipinski definition) is 6. The van der Waals surface area contributed by atoms with Crippen LogP contribution in [0.5, 0.6) is 0 Å². The van der Waals surface area contributed by atoms with E-state index in [0.717, 1.165) is 11.5 Å². The van der Waals surface area contributed by atoms with Crippen LogP contribution in [0.25, 0.3) is 0 Å². The Morgan fingerprint density at radius 1 is 1.27 bits per heavy atom. The van der Waals surface area contributed by atoms with Crippen molar-refractivity contribution in [1.29, 1.82) is 0 Å². The lowest BCUT2D eigenvalue weighted by atomic mass is 10.1. The lowest BCUT2D eigenvalue weighted by molar-refractivity contribution is -0.131. The molecule has 2 amide bonds. The highest BCUT2D eigenvalue weighted by Gasteiger charge is 2.23. The molecule has 8 heteroatoms. The van der Waals surface area contributed by atoms with Gasteiger partial charge in [-0.05, 0) is 42.2 Å². The summed E-state index contributed by atoms with van der Waals surface area (Å²) in [5.74, 6) is 0.473. The number of carbonyl (C=O) groups is 2. The van der Waals surface area contributed by atoms with Gasteiger partial charge in [-0.1, -0.05) is 6.92 Å². The zero-order valence-corrected chi connectivity index (χ0v) is 13.2. The van der Waals surface area contributed by atoms with Crippen molar-refractivity contribution in [1.82, 2.24) is 10.9 Å². The van der Waals surface area contributed by atoms with Crippen LogP contribution < -0.4 is 22.3 Å². The minimum Gasteiger partial charge on any atom is -0.399 e. The third-order valence-electron chi connectivity index (χ3n) is 2.95. The van der Waals surface area contributed by atoms with Gasteiger partial charge >= 0.3 is 0 Å². The number of aliphatic hydroxyl groups excluding tert-OH is 1. The molecule has 1 rings (SSSR count). The smallest absolute Gasteiger partial charge is 0.269 e. The number of nitrogen functional groups attached to an aromatic ring is 1. The average molecular weight is 326 g/mol. The molecule has 0 heterocycles. The Bertz CT molecular complexity index is 495. The quantitative estimate of drug-likeness (QED) is 0.269. The molecule has 0 radical (unpaired) electrons. The van der Waals surface area contributed by atoms with Crippen LogP contribution in [0.1, 0.15) is 23.7 Å². The predicted octanol–water partition coefficient (Wildman–Crippen LogP) is -0.139. The molecule has 1 aromatic rings. The Balaban J connectivity index is 2.41. The molecule has 0 spiro atoms. The fourth-order valence-corrected chi connectivity index (χ4v) is 2.34. The van der Waals surface area contributed by atoms with E-state index < -0.39 is 24.0 Å². The highest BCUT2D eigenvalue weighted by atomic mass is 32.2. The number of thioether (sulfide) groups is 1. The number of nitrogens with one attached hydrogen (secondary N) is 2. The summed E-state index contributed by atoms with van der Waals surface area (Å²) in [6, 6.07) is 5.54. The van der Waals surface area contributed by atoms with Crippen LogP contribution in [-0.2, 0) is 4.79 Å². The molecule has 0 aliphatic carbocycles. The molecule has 2 atom stereocenters. The topological polar surface area (TPSA) is 130 Å². The predicted molar refractivity (Wildman–Crippen MR) is 88.1 cm³/mol. The van der Waals surface area contributed by atoms with E-state index in [4.69, 9.17) is 11.5 Å². The maximum absolute atomic E-state index is 11.8. The molecule has 0 aliphatic rings. The number of nitrogens with two attached hydrogens (primary N) is 2. The van der Waals surface area contributed by atoms with Crippen molar-refractivity contribution in [3.63, 3.8) is 0 Å². The molecule has 0 saturated heterocycles. The van der Waals surface area contributed by atoms with Gasteiger partial charge in [0.1, 0.15) is 6.10 Å². The van der Waals surface area contributed by atoms with Crippen LogP contribution in [0, 0.1) is 0 Å². The first kappa shape index (κ1) is 18.3. The van der Waals surface area contributed by atoms with Crippen molar-refractivity contribution < 1.29 is 14.7 Å². The minimum atomic E-state index is -1.37. The van der Waals surface area contributed by atoms with Gasteiger partial charge in [0.2, 0.25) is 0 Å². The Morgan fingerprint density at radius 3 is 2.50 bits per heavy atom. The fourth-order valence-electron chi connectivity index (χ4n) is 1.62. The van der Waals surface area contributed by atoms with Gasteiger partial charge in [-0.15, -0.1) is 0 Å². The zero-order valence-electron chi connectivity index (χ0n) is 12.4. The zero-order chi connectivity index (χ0) is 16.5. The molecule has 7 N–H and O–H groups in total. The first-order chi connectivity index (χ1) is 10.5. The van der Waals surface area contributed by atoms with Gasteiger partial charge in [0.25, 0.3) is 11.8 Å². The lowest BCUT2D eigenvalue weighted by Crippen LogP contribution is -2.52. The number of rotatable bonds is 7. The van der Waals surface area contributed by atoms with E-state index in [1.54, 1.807) is 23.9 Å². The van der Waals surface area contributed by atoms with E-state index in [0.29, 0.717) is 17.7 Å². The molecule has 1 unspecified atom stereocenters. The van der Waals surface area contributed by atoms with Gasteiger partial charge in [0, 0.05) is 17.3 Å². The van der Waals surface area contributed by atoms with Crippen LogP contribution in [0.4, 0.5) is 5.69 Å². The van der Waals surface area contributed by atoms with Crippen molar-refractivity contribution in [2.45, 2.75) is 25.5 Å². The highest BCUT2D eigenvalue weighted by molar-refractivity contribution is 7.99. The minimum absolute atomic E-state index is 0.340. The average Bonchev–Trinajstić information content (AvgIpc) is 2.52. The maximum atomic E-state index is 11.8. The largest absolute Gasteiger partial charge is 0.399 e. The molecule has 0 fully saturated rings. The van der Waals surface area contributed by atoms with Gasteiger partial charge in [-0.25, -0.2) is 0 Å². The summed E-state index contributed by atoms with van der Waals surface area (Å²) >= 11 is 1.68. The SMILES string of the molecule is CCSCC[C@@H](N)C(O)C(=O)NNC(=O)c1ccc(N)cc1. The fraction of sp³-hybridized carbons (Fsp3) is 0.429. The van der Waals surface area contributed by atoms with E-state index in [-0.39, 0.29) is 0 Å². The molecule has 0 aromatic heterocycles. The van der Waals surface area contributed by atoms with E-state index in [2.05, 4.69) is 10.9 Å². The lowest BCUT2D eigenvalue weighted by Gasteiger charge is -2.18. The summed E-state index contributed by atoms with van der Waals surface area (Å²) < 4.78 is 0. The summed E-state index contributed by atoms with van der Waals surface area (Å²) in [6.45, 7) is 2.02. The standard InChI is InChI=1S/C14H22N4O3S/c1-2-22-8-7-11(16)12(19)14(21)18-17-13(20)9-3-5-10(15)6-4-9/h3-6,11-12,19H,2,7-8,15-16H2,1H3,(H,17,20)(H,18,21)/t11-,12?/m1/s1. The van der Waals surface area contributed by atoms with Crippen molar-refractivity contribution >= 4 is 29.3 Å². The normalized spacial score (nSPS) is 13.2. The Morgan fingerprint density at radius 2 is 1.91 bits per heavy atom. The Kier molecular flexibility index (Phi) is 7.72. The molecule has 0 aliphatic heterocycles. The molecule has 1 aromatic carbocycles. The Labute approximate surface area is 133 Å². The molecular formula is C14H22N4O3S. The number of amides is 2. The first-order valence-electron chi connectivity index (χ1n) is 6.92. The molecular weight excluding hydrogens is 304 g/mol.